The van der Waals surface area contributed by atoms with E-state index in [1.165, 1.54) is 21.2 Å². The maximum atomic E-state index is 13.5. The van der Waals surface area contributed by atoms with E-state index in [1.807, 2.05) is 31.2 Å². The second-order valence-corrected chi connectivity index (χ2v) is 9.25. The Morgan fingerprint density at radius 1 is 1.00 bits per heavy atom. The highest BCUT2D eigenvalue weighted by molar-refractivity contribution is 8.00. The van der Waals surface area contributed by atoms with E-state index >= 15 is 0 Å². The van der Waals surface area contributed by atoms with Gasteiger partial charge in [-0.2, -0.15) is 0 Å². The number of amides is 2. The normalized spacial score (nSPS) is 13.9. The zero-order chi connectivity index (χ0) is 23.8. The van der Waals surface area contributed by atoms with Crippen LogP contribution in [0, 0.1) is 6.92 Å². The predicted octanol–water partition coefficient (Wildman–Crippen LogP) is 3.56. The highest BCUT2D eigenvalue weighted by Crippen LogP contribution is 2.32. The summed E-state index contributed by atoms with van der Waals surface area (Å²) >= 11 is 1.17. The van der Waals surface area contributed by atoms with Gasteiger partial charge in [0.25, 0.3) is 5.56 Å². The predicted molar refractivity (Wildman–Crippen MR) is 133 cm³/mol. The number of nitrogens with zero attached hydrogens (tertiary/aromatic N) is 4. The van der Waals surface area contributed by atoms with Crippen molar-refractivity contribution in [1.82, 2.24) is 14.5 Å². The molecule has 170 valence electrons. The summed E-state index contributed by atoms with van der Waals surface area (Å²) in [7, 11) is 0. The zero-order valence-corrected chi connectivity index (χ0v) is 19.4. The van der Waals surface area contributed by atoms with Gasteiger partial charge in [-0.05, 0) is 50.2 Å². The number of carbonyl (C=O) groups is 2. The number of rotatable bonds is 4. The third-order valence-corrected chi connectivity index (χ3v) is 6.55. The first-order valence-electron chi connectivity index (χ1n) is 10.7. The minimum atomic E-state index is -0.622. The van der Waals surface area contributed by atoms with Gasteiger partial charge in [0.05, 0.1) is 27.5 Å². The van der Waals surface area contributed by atoms with Gasteiger partial charge in [-0.1, -0.05) is 42.1 Å². The molecule has 2 aromatic carbocycles. The van der Waals surface area contributed by atoms with Crippen molar-refractivity contribution in [3.05, 3.63) is 82.8 Å². The Morgan fingerprint density at radius 2 is 1.76 bits per heavy atom. The Labute approximate surface area is 199 Å². The number of anilines is 2. The molecule has 2 aromatic heterocycles. The number of pyridine rings is 1. The molecule has 0 bridgehead atoms. The van der Waals surface area contributed by atoms with Crippen LogP contribution in [0.3, 0.4) is 0 Å². The quantitative estimate of drug-likeness (QED) is 0.361. The summed E-state index contributed by atoms with van der Waals surface area (Å²) in [5, 5.41) is 3.00. The molecule has 0 unspecified atom stereocenters. The fourth-order valence-corrected chi connectivity index (χ4v) is 4.88. The van der Waals surface area contributed by atoms with Gasteiger partial charge in [0, 0.05) is 5.69 Å². The molecule has 3 heterocycles. The van der Waals surface area contributed by atoms with Gasteiger partial charge in [-0.3, -0.25) is 19.3 Å². The SMILES string of the molecule is Cc1cccc(-n2c(S[C@H](C)C(=O)N3CC(=O)Nc4ccccc43)nc3ccccc3c2=O)n1. The molecule has 0 saturated heterocycles. The Bertz CT molecular complexity index is 1500. The minimum Gasteiger partial charge on any atom is -0.323 e. The Morgan fingerprint density at radius 3 is 2.59 bits per heavy atom. The van der Waals surface area contributed by atoms with Crippen LogP contribution in [0.5, 0.6) is 0 Å². The van der Waals surface area contributed by atoms with Crippen molar-refractivity contribution in [3.63, 3.8) is 0 Å². The van der Waals surface area contributed by atoms with Crippen molar-refractivity contribution in [2.24, 2.45) is 0 Å². The molecule has 1 atom stereocenters. The molecular formula is C25H21N5O3S. The third kappa shape index (κ3) is 3.94. The monoisotopic (exact) mass is 471 g/mol. The van der Waals surface area contributed by atoms with Gasteiger partial charge < -0.3 is 5.32 Å². The standard InChI is InChI=1S/C25H21N5O3S/c1-15-8-7-13-21(26-15)30-24(33)17-9-3-4-10-18(17)28-25(30)34-16(2)23(32)29-14-22(31)27-19-11-5-6-12-20(19)29/h3-13,16H,14H2,1-2H3,(H,27,31)/t16-/m1/s1. The number of thioether (sulfide) groups is 1. The number of para-hydroxylation sites is 3. The molecule has 9 heteroatoms. The molecule has 34 heavy (non-hydrogen) atoms. The van der Waals surface area contributed by atoms with Crippen LogP contribution in [0.4, 0.5) is 11.4 Å². The summed E-state index contributed by atoms with van der Waals surface area (Å²) in [6.45, 7) is 3.52. The van der Waals surface area contributed by atoms with E-state index in [4.69, 9.17) is 4.98 Å². The first-order chi connectivity index (χ1) is 16.4. The molecule has 4 aromatic rings. The van der Waals surface area contributed by atoms with Crippen molar-refractivity contribution in [1.29, 1.82) is 0 Å². The first kappa shape index (κ1) is 21.8. The number of carbonyl (C=O) groups excluding carboxylic acids is 2. The van der Waals surface area contributed by atoms with E-state index < -0.39 is 5.25 Å². The number of benzene rings is 2. The Hall–Kier alpha value is -3.98. The van der Waals surface area contributed by atoms with Crippen LogP contribution >= 0.6 is 11.8 Å². The maximum absolute atomic E-state index is 13.5. The van der Waals surface area contributed by atoms with Gasteiger partial charge >= 0.3 is 0 Å². The van der Waals surface area contributed by atoms with Crippen LogP contribution in [0.15, 0.2) is 76.7 Å². The van der Waals surface area contributed by atoms with Crippen LogP contribution in [-0.4, -0.2) is 38.1 Å². The van der Waals surface area contributed by atoms with Crippen LogP contribution in [-0.2, 0) is 9.59 Å². The van der Waals surface area contributed by atoms with Gasteiger partial charge in [0.1, 0.15) is 12.4 Å². The Balaban J connectivity index is 1.56. The number of aromatic nitrogens is 3. The van der Waals surface area contributed by atoms with Crippen LogP contribution < -0.4 is 15.8 Å². The third-order valence-electron chi connectivity index (χ3n) is 5.51. The topological polar surface area (TPSA) is 97.2 Å². The second-order valence-electron chi connectivity index (χ2n) is 7.94. The Kier molecular flexibility index (Phi) is 5.62. The molecule has 0 aliphatic carbocycles. The molecule has 0 spiro atoms. The molecule has 0 radical (unpaired) electrons. The summed E-state index contributed by atoms with van der Waals surface area (Å²) in [5.41, 5.74) is 2.28. The van der Waals surface area contributed by atoms with Crippen LogP contribution in [0.2, 0.25) is 0 Å². The summed E-state index contributed by atoms with van der Waals surface area (Å²) in [5.74, 6) is -0.0690. The summed E-state index contributed by atoms with van der Waals surface area (Å²) in [6, 6.07) is 19.7. The molecule has 0 fully saturated rings. The smallest absolute Gasteiger partial charge is 0.267 e. The van der Waals surface area contributed by atoms with Crippen molar-refractivity contribution in [2.45, 2.75) is 24.3 Å². The van der Waals surface area contributed by atoms with Crippen molar-refractivity contribution in [2.75, 3.05) is 16.8 Å². The lowest BCUT2D eigenvalue weighted by Gasteiger charge is -2.30. The molecule has 1 N–H and O–H groups in total. The average molecular weight is 472 g/mol. The van der Waals surface area contributed by atoms with E-state index in [0.717, 1.165) is 5.69 Å². The molecule has 1 aliphatic rings. The van der Waals surface area contributed by atoms with E-state index in [0.29, 0.717) is 33.3 Å². The van der Waals surface area contributed by atoms with E-state index in [-0.39, 0.29) is 23.9 Å². The number of fused-ring (bicyclic) bond motifs is 2. The largest absolute Gasteiger partial charge is 0.323 e. The summed E-state index contributed by atoms with van der Waals surface area (Å²) in [6.07, 6.45) is 0. The first-order valence-corrected chi connectivity index (χ1v) is 11.6. The van der Waals surface area contributed by atoms with E-state index in [9.17, 15) is 14.4 Å². The lowest BCUT2D eigenvalue weighted by molar-refractivity contribution is -0.121. The number of aryl methyl sites for hydroxylation is 1. The van der Waals surface area contributed by atoms with Gasteiger partial charge in [-0.25, -0.2) is 14.5 Å². The number of hydrogen-bond acceptors (Lipinski definition) is 6. The van der Waals surface area contributed by atoms with E-state index in [2.05, 4.69) is 10.3 Å². The molecule has 0 saturated carbocycles. The summed E-state index contributed by atoms with van der Waals surface area (Å²) in [4.78, 5) is 49.8. The highest BCUT2D eigenvalue weighted by Gasteiger charge is 2.31. The fraction of sp³-hybridized carbons (Fsp3) is 0.160. The van der Waals surface area contributed by atoms with Crippen LogP contribution in [0.1, 0.15) is 12.6 Å². The van der Waals surface area contributed by atoms with Crippen LogP contribution in [0.25, 0.3) is 16.7 Å². The van der Waals surface area contributed by atoms with Crippen molar-refractivity contribution in [3.8, 4) is 5.82 Å². The van der Waals surface area contributed by atoms with E-state index in [1.54, 1.807) is 49.4 Å². The minimum absolute atomic E-state index is 0.0713. The fourth-order valence-electron chi connectivity index (χ4n) is 3.90. The molecule has 2 amide bonds. The summed E-state index contributed by atoms with van der Waals surface area (Å²) < 4.78 is 1.45. The van der Waals surface area contributed by atoms with Gasteiger partial charge in [0.15, 0.2) is 5.16 Å². The van der Waals surface area contributed by atoms with Crippen molar-refractivity contribution < 1.29 is 9.59 Å². The number of nitrogens with one attached hydrogen (secondary N) is 1. The molecule has 8 nitrogen and oxygen atoms in total. The lowest BCUT2D eigenvalue weighted by atomic mass is 10.2. The van der Waals surface area contributed by atoms with Crippen molar-refractivity contribution >= 4 is 45.9 Å². The average Bonchev–Trinajstić information content (AvgIpc) is 2.83. The lowest BCUT2D eigenvalue weighted by Crippen LogP contribution is -2.45. The highest BCUT2D eigenvalue weighted by atomic mass is 32.2. The molecule has 1 aliphatic heterocycles. The second kappa shape index (κ2) is 8.75. The number of hydrogen-bond donors (Lipinski definition) is 1. The van der Waals surface area contributed by atoms with Gasteiger partial charge in [-0.15, -0.1) is 0 Å². The van der Waals surface area contributed by atoms with Gasteiger partial charge in [0.2, 0.25) is 11.8 Å². The molecule has 5 rings (SSSR count). The maximum Gasteiger partial charge on any atom is 0.267 e. The zero-order valence-electron chi connectivity index (χ0n) is 18.6. The molecular weight excluding hydrogens is 450 g/mol.